The van der Waals surface area contributed by atoms with Crippen LogP contribution in [-0.2, 0) is 0 Å². The van der Waals surface area contributed by atoms with Crippen molar-refractivity contribution in [2.24, 2.45) is 11.8 Å². The van der Waals surface area contributed by atoms with Gasteiger partial charge in [0.05, 0.1) is 6.07 Å². The molecular formula is C12H20F3N3. The van der Waals surface area contributed by atoms with E-state index in [2.05, 4.69) is 5.32 Å². The highest BCUT2D eigenvalue weighted by molar-refractivity contribution is 4.91. The minimum absolute atomic E-state index is 0.215. The van der Waals surface area contributed by atoms with E-state index in [1.54, 1.807) is 4.90 Å². The van der Waals surface area contributed by atoms with Gasteiger partial charge in [-0.1, -0.05) is 6.92 Å². The van der Waals surface area contributed by atoms with Gasteiger partial charge in [0.25, 0.3) is 0 Å². The molecule has 0 aromatic rings. The summed E-state index contributed by atoms with van der Waals surface area (Å²) in [7, 11) is 0. The van der Waals surface area contributed by atoms with Crippen LogP contribution < -0.4 is 5.32 Å². The Hall–Kier alpha value is -0.800. The van der Waals surface area contributed by atoms with E-state index < -0.39 is 12.1 Å². The topological polar surface area (TPSA) is 39.1 Å². The molecule has 0 amide bonds. The van der Waals surface area contributed by atoms with Gasteiger partial charge < -0.3 is 10.2 Å². The smallest absolute Gasteiger partial charge is 0.316 e. The van der Waals surface area contributed by atoms with Crippen molar-refractivity contribution in [2.75, 3.05) is 32.7 Å². The fourth-order valence-electron chi connectivity index (χ4n) is 2.25. The number of nitrogens with zero attached hydrogens (tertiary/aromatic N) is 2. The van der Waals surface area contributed by atoms with E-state index in [0.29, 0.717) is 19.0 Å². The maximum atomic E-state index is 12.5. The van der Waals surface area contributed by atoms with Crippen LogP contribution in [0.4, 0.5) is 13.2 Å². The number of halogens is 3. The number of hydrogen-bond donors (Lipinski definition) is 1. The van der Waals surface area contributed by atoms with Crippen molar-refractivity contribution >= 4 is 0 Å². The van der Waals surface area contributed by atoms with Gasteiger partial charge in [-0.05, 0) is 38.4 Å². The molecule has 104 valence electrons. The van der Waals surface area contributed by atoms with Crippen molar-refractivity contribution in [3.8, 4) is 6.07 Å². The quantitative estimate of drug-likeness (QED) is 0.824. The normalized spacial score (nSPS) is 22.8. The van der Waals surface area contributed by atoms with Crippen LogP contribution in [0, 0.1) is 23.2 Å². The van der Waals surface area contributed by atoms with Crippen molar-refractivity contribution in [3.05, 3.63) is 0 Å². The lowest BCUT2D eigenvalue weighted by atomic mass is 9.98. The summed E-state index contributed by atoms with van der Waals surface area (Å²) >= 11 is 0. The number of nitrogens with one attached hydrogen (secondary N) is 1. The van der Waals surface area contributed by atoms with Crippen LogP contribution in [-0.4, -0.2) is 43.8 Å². The van der Waals surface area contributed by atoms with Crippen LogP contribution in [0.15, 0.2) is 0 Å². The number of nitriles is 1. The number of piperidine rings is 1. The Morgan fingerprint density at radius 2 is 2.22 bits per heavy atom. The van der Waals surface area contributed by atoms with Crippen molar-refractivity contribution < 1.29 is 13.2 Å². The Morgan fingerprint density at radius 3 is 2.67 bits per heavy atom. The van der Waals surface area contributed by atoms with Gasteiger partial charge in [-0.3, -0.25) is 0 Å². The number of alkyl halides is 3. The number of rotatable bonds is 5. The molecule has 2 atom stereocenters. The molecule has 1 rings (SSSR count). The predicted molar refractivity (Wildman–Crippen MR) is 62.9 cm³/mol. The van der Waals surface area contributed by atoms with Crippen molar-refractivity contribution in [1.82, 2.24) is 10.2 Å². The Bertz CT molecular complexity index is 279. The Balaban J connectivity index is 2.47. The van der Waals surface area contributed by atoms with Crippen LogP contribution in [0.25, 0.3) is 0 Å². The molecule has 2 unspecified atom stereocenters. The second-order valence-electron chi connectivity index (χ2n) is 4.79. The fourth-order valence-corrected chi connectivity index (χ4v) is 2.25. The van der Waals surface area contributed by atoms with Gasteiger partial charge in [0.1, 0.15) is 0 Å². The third-order valence-corrected chi connectivity index (χ3v) is 3.35. The van der Waals surface area contributed by atoms with Crippen LogP contribution in [0.5, 0.6) is 0 Å². The van der Waals surface area contributed by atoms with Crippen LogP contribution in [0.1, 0.15) is 19.8 Å². The molecule has 0 radical (unpaired) electrons. The van der Waals surface area contributed by atoms with E-state index in [-0.39, 0.29) is 6.54 Å². The van der Waals surface area contributed by atoms with Crippen LogP contribution in [0.3, 0.4) is 0 Å². The standard InChI is InChI=1S/C12H20F3N3/c1-2-18(8-10-4-3-5-17-7-10)9-11(6-16)12(13,14)15/h10-11,17H,2-5,7-9H2,1H3. The van der Waals surface area contributed by atoms with Gasteiger partial charge in [-0.15, -0.1) is 0 Å². The second-order valence-corrected chi connectivity index (χ2v) is 4.79. The lowest BCUT2D eigenvalue weighted by molar-refractivity contribution is -0.163. The second kappa shape index (κ2) is 6.95. The third-order valence-electron chi connectivity index (χ3n) is 3.35. The first-order valence-electron chi connectivity index (χ1n) is 6.36. The summed E-state index contributed by atoms with van der Waals surface area (Å²) < 4.78 is 37.6. The molecule has 0 aromatic heterocycles. The largest absolute Gasteiger partial charge is 0.405 e. The maximum Gasteiger partial charge on any atom is 0.405 e. The molecule has 0 spiro atoms. The molecule has 0 aliphatic carbocycles. The third kappa shape index (κ3) is 4.83. The zero-order chi connectivity index (χ0) is 13.6. The summed E-state index contributed by atoms with van der Waals surface area (Å²) in [5, 5.41) is 11.9. The van der Waals surface area contributed by atoms with Gasteiger partial charge in [-0.2, -0.15) is 18.4 Å². The van der Waals surface area contributed by atoms with Gasteiger partial charge in [0, 0.05) is 13.1 Å². The molecular weight excluding hydrogens is 243 g/mol. The molecule has 0 saturated carbocycles. The molecule has 6 heteroatoms. The molecule has 0 aromatic carbocycles. The van der Waals surface area contributed by atoms with Gasteiger partial charge >= 0.3 is 6.18 Å². The predicted octanol–water partition coefficient (Wildman–Crippen LogP) is 2.01. The Kier molecular flexibility index (Phi) is 5.89. The summed E-state index contributed by atoms with van der Waals surface area (Å²) in [4.78, 5) is 1.74. The molecule has 1 aliphatic heterocycles. The van der Waals surface area contributed by atoms with Gasteiger partial charge in [0.2, 0.25) is 0 Å². The van der Waals surface area contributed by atoms with E-state index in [0.717, 1.165) is 25.9 Å². The van der Waals surface area contributed by atoms with Crippen molar-refractivity contribution in [1.29, 1.82) is 5.26 Å². The molecule has 1 fully saturated rings. The summed E-state index contributed by atoms with van der Waals surface area (Å²) in [6.07, 6.45) is -2.30. The first kappa shape index (κ1) is 15.3. The van der Waals surface area contributed by atoms with Crippen LogP contribution in [0.2, 0.25) is 0 Å². The zero-order valence-electron chi connectivity index (χ0n) is 10.6. The lowest BCUT2D eigenvalue weighted by Gasteiger charge is -2.30. The SMILES string of the molecule is CCN(CC1CCCNC1)CC(C#N)C(F)(F)F. The van der Waals surface area contributed by atoms with E-state index in [1.807, 2.05) is 6.92 Å². The van der Waals surface area contributed by atoms with E-state index >= 15 is 0 Å². The van der Waals surface area contributed by atoms with E-state index in [1.165, 1.54) is 6.07 Å². The van der Waals surface area contributed by atoms with Crippen molar-refractivity contribution in [2.45, 2.75) is 25.9 Å². The maximum absolute atomic E-state index is 12.5. The lowest BCUT2D eigenvalue weighted by Crippen LogP contribution is -2.42. The van der Waals surface area contributed by atoms with Gasteiger partial charge in [0.15, 0.2) is 5.92 Å². The minimum atomic E-state index is -4.42. The highest BCUT2D eigenvalue weighted by atomic mass is 19.4. The first-order valence-corrected chi connectivity index (χ1v) is 6.36. The molecule has 1 heterocycles. The highest BCUT2D eigenvalue weighted by Gasteiger charge is 2.40. The summed E-state index contributed by atoms with van der Waals surface area (Å²) in [5.74, 6) is -1.49. The molecule has 1 saturated heterocycles. The summed E-state index contributed by atoms with van der Waals surface area (Å²) in [6, 6.07) is 1.36. The van der Waals surface area contributed by atoms with Gasteiger partial charge in [-0.25, -0.2) is 0 Å². The first-order chi connectivity index (χ1) is 8.47. The monoisotopic (exact) mass is 263 g/mol. The Labute approximate surface area is 106 Å². The zero-order valence-corrected chi connectivity index (χ0v) is 10.6. The number of hydrogen-bond acceptors (Lipinski definition) is 3. The molecule has 18 heavy (non-hydrogen) atoms. The summed E-state index contributed by atoms with van der Waals surface area (Å²) in [5.41, 5.74) is 0. The highest BCUT2D eigenvalue weighted by Crippen LogP contribution is 2.26. The molecule has 1 aliphatic rings. The fraction of sp³-hybridized carbons (Fsp3) is 0.917. The molecule has 1 N–H and O–H groups in total. The van der Waals surface area contributed by atoms with Crippen molar-refractivity contribution in [3.63, 3.8) is 0 Å². The molecule has 3 nitrogen and oxygen atoms in total. The van der Waals surface area contributed by atoms with Crippen LogP contribution >= 0.6 is 0 Å². The summed E-state index contributed by atoms with van der Waals surface area (Å²) in [6.45, 7) is 4.66. The minimum Gasteiger partial charge on any atom is -0.316 e. The van der Waals surface area contributed by atoms with E-state index in [9.17, 15) is 13.2 Å². The Morgan fingerprint density at radius 1 is 1.50 bits per heavy atom. The average molecular weight is 263 g/mol. The molecule has 0 bridgehead atoms. The average Bonchev–Trinajstić information content (AvgIpc) is 2.34. The van der Waals surface area contributed by atoms with E-state index in [4.69, 9.17) is 5.26 Å².